The molecule has 17 heavy (non-hydrogen) atoms. The number of rotatable bonds is 7. The highest BCUT2D eigenvalue weighted by molar-refractivity contribution is 5.39. The molecule has 6 heteroatoms. The standard InChI is InChI=1S/C11H15FN2O3/c1-2-13-5-6-17-8-9-7-10(12)3-4-11(9)14(15)16/h3-4,7,13H,2,5-6,8H2,1H3. The largest absolute Gasteiger partial charge is 0.375 e. The minimum absolute atomic E-state index is 0.0411. The van der Waals surface area contributed by atoms with Gasteiger partial charge in [-0.1, -0.05) is 6.92 Å². The minimum Gasteiger partial charge on any atom is -0.375 e. The molecule has 1 aromatic carbocycles. The predicted octanol–water partition coefficient (Wildman–Crippen LogP) is 1.86. The van der Waals surface area contributed by atoms with Gasteiger partial charge in [0.15, 0.2) is 0 Å². The Morgan fingerprint density at radius 1 is 1.53 bits per heavy atom. The number of ether oxygens (including phenoxy) is 1. The van der Waals surface area contributed by atoms with Crippen LogP contribution >= 0.6 is 0 Å². The molecule has 1 N–H and O–H groups in total. The summed E-state index contributed by atoms with van der Waals surface area (Å²) in [5.74, 6) is -0.499. The van der Waals surface area contributed by atoms with E-state index >= 15 is 0 Å². The number of hydrogen-bond acceptors (Lipinski definition) is 4. The zero-order valence-electron chi connectivity index (χ0n) is 9.61. The topological polar surface area (TPSA) is 64.4 Å². The molecule has 5 nitrogen and oxygen atoms in total. The number of halogens is 1. The molecule has 1 rings (SSSR count). The van der Waals surface area contributed by atoms with Crippen molar-refractivity contribution in [2.24, 2.45) is 0 Å². The predicted molar refractivity (Wildman–Crippen MR) is 61.3 cm³/mol. The van der Waals surface area contributed by atoms with Crippen LogP contribution in [-0.4, -0.2) is 24.6 Å². The second kappa shape index (κ2) is 6.93. The Balaban J connectivity index is 2.56. The van der Waals surface area contributed by atoms with E-state index in [0.29, 0.717) is 13.2 Å². The van der Waals surface area contributed by atoms with Crippen LogP contribution in [0.1, 0.15) is 12.5 Å². The van der Waals surface area contributed by atoms with Crippen molar-refractivity contribution < 1.29 is 14.1 Å². The van der Waals surface area contributed by atoms with Crippen molar-refractivity contribution >= 4 is 5.69 Å². The van der Waals surface area contributed by atoms with Gasteiger partial charge in [-0.05, 0) is 18.7 Å². The SMILES string of the molecule is CCNCCOCc1cc(F)ccc1[N+](=O)[O-]. The van der Waals surface area contributed by atoms with Gasteiger partial charge in [0.05, 0.1) is 23.7 Å². The molecule has 0 aliphatic heterocycles. The van der Waals surface area contributed by atoms with Gasteiger partial charge in [-0.3, -0.25) is 10.1 Å². The number of nitrogens with zero attached hydrogens (tertiary/aromatic N) is 1. The lowest BCUT2D eigenvalue weighted by Crippen LogP contribution is -2.18. The number of nitro groups is 1. The molecular weight excluding hydrogens is 227 g/mol. The fourth-order valence-electron chi connectivity index (χ4n) is 1.35. The first-order valence-electron chi connectivity index (χ1n) is 5.36. The fourth-order valence-corrected chi connectivity index (χ4v) is 1.35. The van der Waals surface area contributed by atoms with Crippen LogP contribution in [0.15, 0.2) is 18.2 Å². The van der Waals surface area contributed by atoms with Crippen molar-refractivity contribution in [3.63, 3.8) is 0 Å². The molecule has 0 atom stereocenters. The van der Waals surface area contributed by atoms with Gasteiger partial charge in [0.2, 0.25) is 0 Å². The van der Waals surface area contributed by atoms with Crippen molar-refractivity contribution in [3.8, 4) is 0 Å². The van der Waals surface area contributed by atoms with E-state index in [2.05, 4.69) is 5.32 Å². The Bertz CT molecular complexity index is 385. The molecule has 0 spiro atoms. The summed E-state index contributed by atoms with van der Waals surface area (Å²) < 4.78 is 18.2. The molecule has 0 aliphatic rings. The normalized spacial score (nSPS) is 10.5. The fraction of sp³-hybridized carbons (Fsp3) is 0.455. The van der Waals surface area contributed by atoms with E-state index < -0.39 is 10.7 Å². The van der Waals surface area contributed by atoms with Crippen LogP contribution in [0.5, 0.6) is 0 Å². The van der Waals surface area contributed by atoms with Crippen molar-refractivity contribution in [2.75, 3.05) is 19.7 Å². The monoisotopic (exact) mass is 242 g/mol. The third-order valence-corrected chi connectivity index (χ3v) is 2.17. The molecule has 0 amide bonds. The van der Waals surface area contributed by atoms with E-state index in [1.54, 1.807) is 0 Å². The lowest BCUT2D eigenvalue weighted by molar-refractivity contribution is -0.386. The van der Waals surface area contributed by atoms with E-state index in [-0.39, 0.29) is 17.9 Å². The quantitative estimate of drug-likeness (QED) is 0.450. The van der Waals surface area contributed by atoms with E-state index in [1.165, 1.54) is 0 Å². The third kappa shape index (κ3) is 4.46. The van der Waals surface area contributed by atoms with Crippen molar-refractivity contribution in [2.45, 2.75) is 13.5 Å². The maximum Gasteiger partial charge on any atom is 0.275 e. The first kappa shape index (κ1) is 13.5. The summed E-state index contributed by atoms with van der Waals surface area (Å²) in [5.41, 5.74) is 0.140. The summed E-state index contributed by atoms with van der Waals surface area (Å²) in [4.78, 5) is 10.1. The van der Waals surface area contributed by atoms with Gasteiger partial charge >= 0.3 is 0 Å². The van der Waals surface area contributed by atoms with Crippen LogP contribution in [0.2, 0.25) is 0 Å². The van der Waals surface area contributed by atoms with Gasteiger partial charge in [0.1, 0.15) is 5.82 Å². The van der Waals surface area contributed by atoms with Crippen LogP contribution in [0.4, 0.5) is 10.1 Å². The van der Waals surface area contributed by atoms with Gasteiger partial charge in [-0.15, -0.1) is 0 Å². The maximum absolute atomic E-state index is 13.0. The summed E-state index contributed by atoms with van der Waals surface area (Å²) in [6, 6.07) is 3.35. The minimum atomic E-state index is -0.539. The van der Waals surface area contributed by atoms with Crippen LogP contribution < -0.4 is 5.32 Å². The summed E-state index contributed by atoms with van der Waals surface area (Å²) in [7, 11) is 0. The number of nitrogens with one attached hydrogen (secondary N) is 1. The van der Waals surface area contributed by atoms with E-state index in [9.17, 15) is 14.5 Å². The van der Waals surface area contributed by atoms with Crippen molar-refractivity contribution in [1.82, 2.24) is 5.32 Å². The van der Waals surface area contributed by atoms with Crippen LogP contribution in [0.3, 0.4) is 0 Å². The lowest BCUT2D eigenvalue weighted by Gasteiger charge is -2.05. The van der Waals surface area contributed by atoms with Crippen LogP contribution in [0.25, 0.3) is 0 Å². The van der Waals surface area contributed by atoms with E-state index in [1.807, 2.05) is 6.92 Å². The van der Waals surface area contributed by atoms with Gasteiger partial charge in [0, 0.05) is 12.6 Å². The van der Waals surface area contributed by atoms with Crippen LogP contribution in [0, 0.1) is 15.9 Å². The second-order valence-corrected chi connectivity index (χ2v) is 3.44. The van der Waals surface area contributed by atoms with Gasteiger partial charge in [0.25, 0.3) is 5.69 Å². The molecule has 0 saturated carbocycles. The van der Waals surface area contributed by atoms with E-state index in [4.69, 9.17) is 4.74 Å². The third-order valence-electron chi connectivity index (χ3n) is 2.17. The Hall–Kier alpha value is -1.53. The number of likely N-dealkylation sites (N-methyl/N-ethyl adjacent to an activating group) is 1. The lowest BCUT2D eigenvalue weighted by atomic mass is 10.2. The average molecular weight is 242 g/mol. The second-order valence-electron chi connectivity index (χ2n) is 3.44. The molecule has 0 fully saturated rings. The van der Waals surface area contributed by atoms with Crippen LogP contribution in [-0.2, 0) is 11.3 Å². The molecule has 0 aliphatic carbocycles. The van der Waals surface area contributed by atoms with Gasteiger partial charge < -0.3 is 10.1 Å². The molecule has 0 unspecified atom stereocenters. The Morgan fingerprint density at radius 3 is 2.94 bits per heavy atom. The Kier molecular flexibility index (Phi) is 5.51. The summed E-state index contributed by atoms with van der Waals surface area (Å²) in [5, 5.41) is 13.7. The molecule has 1 aromatic rings. The maximum atomic E-state index is 13.0. The van der Waals surface area contributed by atoms with Crippen molar-refractivity contribution in [1.29, 1.82) is 0 Å². The molecule has 0 radical (unpaired) electrons. The first-order chi connectivity index (χ1) is 8.15. The van der Waals surface area contributed by atoms with Gasteiger partial charge in [-0.2, -0.15) is 0 Å². The number of hydrogen-bond donors (Lipinski definition) is 1. The Labute approximate surface area is 98.7 Å². The Morgan fingerprint density at radius 2 is 2.29 bits per heavy atom. The summed E-state index contributed by atoms with van der Waals surface area (Å²) in [6.07, 6.45) is 0. The highest BCUT2D eigenvalue weighted by Crippen LogP contribution is 2.20. The highest BCUT2D eigenvalue weighted by atomic mass is 19.1. The summed E-state index contributed by atoms with van der Waals surface area (Å²) in [6.45, 7) is 3.95. The molecule has 0 heterocycles. The summed E-state index contributed by atoms with van der Waals surface area (Å²) >= 11 is 0. The number of nitro benzene ring substituents is 1. The molecular formula is C11H15FN2O3. The van der Waals surface area contributed by atoms with Gasteiger partial charge in [-0.25, -0.2) is 4.39 Å². The van der Waals surface area contributed by atoms with Crippen molar-refractivity contribution in [3.05, 3.63) is 39.7 Å². The molecule has 0 saturated heterocycles. The number of benzene rings is 1. The van der Waals surface area contributed by atoms with E-state index in [0.717, 1.165) is 24.7 Å². The molecule has 94 valence electrons. The average Bonchev–Trinajstić information content (AvgIpc) is 2.28. The smallest absolute Gasteiger partial charge is 0.275 e. The highest BCUT2D eigenvalue weighted by Gasteiger charge is 2.14. The molecule has 0 bridgehead atoms. The molecule has 0 aromatic heterocycles. The zero-order chi connectivity index (χ0) is 12.7. The first-order valence-corrected chi connectivity index (χ1v) is 5.36. The zero-order valence-corrected chi connectivity index (χ0v) is 9.61.